The zero-order chi connectivity index (χ0) is 21.1. The molecule has 1 aliphatic rings. The lowest BCUT2D eigenvalue weighted by Gasteiger charge is -2.32. The maximum Gasteiger partial charge on any atom is 0.409 e. The molecule has 2 N–H and O–H groups in total. The number of benzene rings is 1. The highest BCUT2D eigenvalue weighted by Crippen LogP contribution is 2.12. The normalized spacial score (nSPS) is 15.5. The molecule has 1 aliphatic heterocycles. The number of piperidine rings is 1. The van der Waals surface area contributed by atoms with Gasteiger partial charge >= 0.3 is 6.09 Å². The van der Waals surface area contributed by atoms with Gasteiger partial charge in [-0.25, -0.2) is 4.79 Å². The molecule has 1 heterocycles. The van der Waals surface area contributed by atoms with Crippen LogP contribution >= 0.6 is 0 Å². The van der Waals surface area contributed by atoms with Crippen LogP contribution in [0.1, 0.15) is 44.7 Å². The van der Waals surface area contributed by atoms with Crippen molar-refractivity contribution in [3.8, 4) is 0 Å². The van der Waals surface area contributed by atoms with Gasteiger partial charge in [-0.05, 0) is 44.0 Å². The van der Waals surface area contributed by atoms with Crippen LogP contribution in [0.15, 0.2) is 29.3 Å². The van der Waals surface area contributed by atoms with E-state index < -0.39 is 0 Å². The molecule has 0 spiro atoms. The van der Waals surface area contributed by atoms with Crippen molar-refractivity contribution < 1.29 is 9.53 Å². The number of rotatable bonds is 8. The fraction of sp³-hybridized carbons (Fsp3) is 0.636. The molecule has 0 aromatic heterocycles. The first kappa shape index (κ1) is 23.0. The topological polar surface area (TPSA) is 69.2 Å². The second-order valence-electron chi connectivity index (χ2n) is 7.31. The van der Waals surface area contributed by atoms with Gasteiger partial charge < -0.3 is 20.3 Å². The van der Waals surface area contributed by atoms with E-state index in [2.05, 4.69) is 58.6 Å². The average Bonchev–Trinajstić information content (AvgIpc) is 2.75. The molecule has 1 saturated heterocycles. The van der Waals surface area contributed by atoms with Crippen molar-refractivity contribution in [1.29, 1.82) is 0 Å². The summed E-state index contributed by atoms with van der Waals surface area (Å²) >= 11 is 0. The predicted molar refractivity (Wildman–Crippen MR) is 118 cm³/mol. The van der Waals surface area contributed by atoms with Gasteiger partial charge in [0.05, 0.1) is 6.61 Å². The largest absolute Gasteiger partial charge is 0.450 e. The number of aliphatic imine (C=N–C) groups is 1. The van der Waals surface area contributed by atoms with E-state index >= 15 is 0 Å². The van der Waals surface area contributed by atoms with Crippen LogP contribution in [-0.2, 0) is 17.8 Å². The standard InChI is InChI=1S/C22H37N5O2/c1-5-26(6-2)17-19-10-8-9-18(15-19)16-24-21(23-4)25-20-11-13-27(14-12-20)22(28)29-7-3/h8-10,15,20H,5-7,11-14,16-17H2,1-4H3,(H2,23,24,25). The van der Waals surface area contributed by atoms with Crippen LogP contribution in [0.2, 0.25) is 0 Å². The second kappa shape index (κ2) is 12.3. The number of guanidine groups is 1. The molecule has 1 aromatic rings. The first-order valence-corrected chi connectivity index (χ1v) is 10.8. The summed E-state index contributed by atoms with van der Waals surface area (Å²) in [7, 11) is 1.79. The minimum absolute atomic E-state index is 0.210. The van der Waals surface area contributed by atoms with Crippen molar-refractivity contribution in [2.75, 3.05) is 39.8 Å². The first-order valence-electron chi connectivity index (χ1n) is 10.8. The fourth-order valence-electron chi connectivity index (χ4n) is 3.54. The number of nitrogens with zero attached hydrogens (tertiary/aromatic N) is 3. The van der Waals surface area contributed by atoms with E-state index in [1.54, 1.807) is 11.9 Å². The summed E-state index contributed by atoms with van der Waals surface area (Å²) in [6, 6.07) is 9.02. The third-order valence-electron chi connectivity index (χ3n) is 5.34. The molecule has 0 radical (unpaired) electrons. The number of ether oxygens (including phenoxy) is 1. The van der Waals surface area contributed by atoms with Crippen LogP contribution in [0.3, 0.4) is 0 Å². The smallest absolute Gasteiger partial charge is 0.409 e. The Bertz CT molecular complexity index is 652. The lowest BCUT2D eigenvalue weighted by Crippen LogP contribution is -2.49. The summed E-state index contributed by atoms with van der Waals surface area (Å²) < 4.78 is 5.08. The molecule has 7 nitrogen and oxygen atoms in total. The molecule has 2 rings (SSSR count). The van der Waals surface area contributed by atoms with Crippen molar-refractivity contribution in [2.45, 2.75) is 52.7 Å². The van der Waals surface area contributed by atoms with Crippen molar-refractivity contribution in [2.24, 2.45) is 4.99 Å². The fourth-order valence-corrected chi connectivity index (χ4v) is 3.54. The van der Waals surface area contributed by atoms with E-state index in [1.807, 2.05) is 6.92 Å². The van der Waals surface area contributed by atoms with Crippen LogP contribution in [0, 0.1) is 0 Å². The van der Waals surface area contributed by atoms with E-state index in [9.17, 15) is 4.79 Å². The van der Waals surface area contributed by atoms with Crippen LogP contribution in [0.4, 0.5) is 4.79 Å². The summed E-state index contributed by atoms with van der Waals surface area (Å²) in [5.41, 5.74) is 2.58. The molecule has 7 heteroatoms. The Balaban J connectivity index is 1.80. The molecule has 0 atom stereocenters. The molecular formula is C22H37N5O2. The molecule has 162 valence electrons. The Labute approximate surface area is 175 Å². The van der Waals surface area contributed by atoms with Crippen molar-refractivity contribution in [3.63, 3.8) is 0 Å². The highest BCUT2D eigenvalue weighted by Gasteiger charge is 2.24. The maximum atomic E-state index is 11.8. The monoisotopic (exact) mass is 403 g/mol. The Morgan fingerprint density at radius 2 is 1.90 bits per heavy atom. The molecule has 0 aliphatic carbocycles. The molecule has 1 aromatic carbocycles. The number of amides is 1. The molecular weight excluding hydrogens is 366 g/mol. The zero-order valence-electron chi connectivity index (χ0n) is 18.4. The van der Waals surface area contributed by atoms with Crippen molar-refractivity contribution in [3.05, 3.63) is 35.4 Å². The number of hydrogen-bond donors (Lipinski definition) is 2. The molecule has 0 bridgehead atoms. The van der Waals surface area contributed by atoms with Gasteiger partial charge in [0.1, 0.15) is 0 Å². The van der Waals surface area contributed by atoms with Gasteiger partial charge in [0.25, 0.3) is 0 Å². The highest BCUT2D eigenvalue weighted by atomic mass is 16.6. The maximum absolute atomic E-state index is 11.8. The minimum Gasteiger partial charge on any atom is -0.450 e. The number of carbonyl (C=O) groups is 1. The number of nitrogens with one attached hydrogen (secondary N) is 2. The van der Waals surface area contributed by atoms with Gasteiger partial charge in [0, 0.05) is 39.3 Å². The van der Waals surface area contributed by atoms with Crippen LogP contribution in [0.5, 0.6) is 0 Å². The Morgan fingerprint density at radius 1 is 1.21 bits per heavy atom. The van der Waals surface area contributed by atoms with E-state index in [0.717, 1.165) is 45.0 Å². The van der Waals surface area contributed by atoms with Gasteiger partial charge in [0.15, 0.2) is 5.96 Å². The van der Waals surface area contributed by atoms with E-state index in [-0.39, 0.29) is 6.09 Å². The number of likely N-dealkylation sites (tertiary alicyclic amines) is 1. The average molecular weight is 404 g/mol. The van der Waals surface area contributed by atoms with E-state index in [0.29, 0.717) is 25.7 Å². The van der Waals surface area contributed by atoms with Crippen molar-refractivity contribution in [1.82, 2.24) is 20.4 Å². The minimum atomic E-state index is -0.210. The third-order valence-corrected chi connectivity index (χ3v) is 5.34. The quantitative estimate of drug-likeness (QED) is 0.516. The Hall–Kier alpha value is -2.28. The summed E-state index contributed by atoms with van der Waals surface area (Å²) in [4.78, 5) is 20.4. The molecule has 1 amide bonds. The lowest BCUT2D eigenvalue weighted by atomic mass is 10.1. The molecule has 29 heavy (non-hydrogen) atoms. The molecule has 0 unspecified atom stereocenters. The van der Waals surface area contributed by atoms with E-state index in [4.69, 9.17) is 4.74 Å². The molecule has 1 fully saturated rings. The van der Waals surface area contributed by atoms with Crippen LogP contribution < -0.4 is 10.6 Å². The lowest BCUT2D eigenvalue weighted by molar-refractivity contribution is 0.0963. The van der Waals surface area contributed by atoms with Gasteiger partial charge in [0.2, 0.25) is 0 Å². The summed E-state index contributed by atoms with van der Waals surface area (Å²) in [6.07, 6.45) is 1.57. The molecule has 0 saturated carbocycles. The predicted octanol–water partition coefficient (Wildman–Crippen LogP) is 2.81. The van der Waals surface area contributed by atoms with E-state index in [1.165, 1.54) is 11.1 Å². The van der Waals surface area contributed by atoms with Gasteiger partial charge in [-0.3, -0.25) is 9.89 Å². The van der Waals surface area contributed by atoms with Crippen LogP contribution in [-0.4, -0.2) is 67.7 Å². The Kier molecular flexibility index (Phi) is 9.77. The van der Waals surface area contributed by atoms with Gasteiger partial charge in [-0.2, -0.15) is 0 Å². The first-order chi connectivity index (χ1) is 14.1. The Morgan fingerprint density at radius 3 is 2.52 bits per heavy atom. The SMILES string of the molecule is CCOC(=O)N1CCC(NC(=NC)NCc2cccc(CN(CC)CC)c2)CC1. The van der Waals surface area contributed by atoms with Crippen LogP contribution in [0.25, 0.3) is 0 Å². The summed E-state index contributed by atoms with van der Waals surface area (Å²) in [5, 5.41) is 6.90. The van der Waals surface area contributed by atoms with Gasteiger partial charge in [-0.15, -0.1) is 0 Å². The zero-order valence-corrected chi connectivity index (χ0v) is 18.4. The van der Waals surface area contributed by atoms with Crippen molar-refractivity contribution >= 4 is 12.1 Å². The summed E-state index contributed by atoms with van der Waals surface area (Å²) in [5.74, 6) is 0.800. The number of hydrogen-bond acceptors (Lipinski definition) is 4. The third kappa shape index (κ3) is 7.57. The highest BCUT2D eigenvalue weighted by molar-refractivity contribution is 5.80. The summed E-state index contributed by atoms with van der Waals surface area (Å²) in [6.45, 7) is 11.9. The van der Waals surface area contributed by atoms with Gasteiger partial charge in [-0.1, -0.05) is 38.1 Å². The second-order valence-corrected chi connectivity index (χ2v) is 7.31. The number of carbonyl (C=O) groups excluding carboxylic acids is 1.